The van der Waals surface area contributed by atoms with Crippen LogP contribution in [0.5, 0.6) is 0 Å². The maximum absolute atomic E-state index is 13.2. The number of aromatic nitrogens is 1. The number of alkyl halides is 1. The number of nitrogens with zero attached hydrogens (tertiary/aromatic N) is 1. The topological polar surface area (TPSA) is 82.6 Å². The van der Waals surface area contributed by atoms with Crippen LogP contribution in [0.3, 0.4) is 0 Å². The van der Waals surface area contributed by atoms with Crippen LogP contribution in [0.15, 0.2) is 36.4 Å². The highest BCUT2D eigenvalue weighted by Crippen LogP contribution is 2.66. The first-order valence-corrected chi connectivity index (χ1v) is 9.76. The van der Waals surface area contributed by atoms with Crippen molar-refractivity contribution in [3.8, 4) is 0 Å². The van der Waals surface area contributed by atoms with E-state index in [-0.39, 0.29) is 11.9 Å². The molecule has 0 aliphatic carbocycles. The van der Waals surface area contributed by atoms with Gasteiger partial charge < -0.3 is 19.7 Å². The van der Waals surface area contributed by atoms with Crippen molar-refractivity contribution in [2.24, 2.45) is 11.8 Å². The molecule has 1 aromatic heterocycles. The van der Waals surface area contributed by atoms with E-state index < -0.39 is 27.0 Å². The zero-order valence-corrected chi connectivity index (χ0v) is 15.8. The Morgan fingerprint density at radius 3 is 2.96 bits per heavy atom. The van der Waals surface area contributed by atoms with Crippen molar-refractivity contribution in [3.05, 3.63) is 47.7 Å². The molecule has 26 heavy (non-hydrogen) atoms. The number of carboxylic acids is 1. The molecule has 5 heterocycles. The number of H-pyrrole nitrogens is 1. The number of fused-ring (bicyclic) bond motifs is 6. The number of hydrogen-bond donors (Lipinski definition) is 2. The van der Waals surface area contributed by atoms with E-state index in [9.17, 15) is 14.7 Å². The van der Waals surface area contributed by atoms with Crippen molar-refractivity contribution in [2.45, 2.75) is 21.7 Å². The van der Waals surface area contributed by atoms with Gasteiger partial charge in [0.25, 0.3) is 0 Å². The third kappa shape index (κ3) is 1.50. The maximum atomic E-state index is 13.2. The van der Waals surface area contributed by atoms with Crippen LogP contribution in [0.25, 0.3) is 10.9 Å². The minimum Gasteiger partial charge on any atom is -0.481 e. The van der Waals surface area contributed by atoms with Gasteiger partial charge in [-0.05, 0) is 52.8 Å². The molecule has 7 heteroatoms. The highest BCUT2D eigenvalue weighted by atomic mass is 127. The standard InChI is InChI=1S/C19H15IN2O4/c20-19-7-6-18(26-19)12(13(19)17(24)25)16(23)22-8-5-10-9-3-1-2-4-11(9)21-14(10)15(18)22/h1-4,6-7,12-13,15,21H,5,8H2,(H,24,25)/t12-,13+,15-,18-,19-/m0/s1. The van der Waals surface area contributed by atoms with E-state index in [1.54, 1.807) is 0 Å². The fraction of sp³-hybridized carbons (Fsp3) is 0.368. The number of amides is 1. The number of halogens is 1. The number of rotatable bonds is 1. The van der Waals surface area contributed by atoms with Crippen molar-refractivity contribution in [3.63, 3.8) is 0 Å². The van der Waals surface area contributed by atoms with Gasteiger partial charge in [0.1, 0.15) is 17.6 Å². The van der Waals surface area contributed by atoms with E-state index in [1.165, 1.54) is 10.9 Å². The third-order valence-electron chi connectivity index (χ3n) is 6.42. The summed E-state index contributed by atoms with van der Waals surface area (Å²) >= 11 is 2.05. The Labute approximate surface area is 162 Å². The van der Waals surface area contributed by atoms with Gasteiger partial charge in [0.2, 0.25) is 5.91 Å². The lowest BCUT2D eigenvalue weighted by molar-refractivity contribution is -0.148. The first kappa shape index (κ1) is 15.2. The second kappa shape index (κ2) is 4.51. The average Bonchev–Trinajstić information content (AvgIpc) is 3.29. The van der Waals surface area contributed by atoms with Crippen LogP contribution < -0.4 is 0 Å². The number of hydrogen-bond acceptors (Lipinski definition) is 3. The fourth-order valence-electron chi connectivity index (χ4n) is 5.49. The zero-order chi connectivity index (χ0) is 17.8. The highest BCUT2D eigenvalue weighted by Gasteiger charge is 2.76. The molecule has 4 aliphatic heterocycles. The Morgan fingerprint density at radius 2 is 2.15 bits per heavy atom. The van der Waals surface area contributed by atoms with E-state index in [4.69, 9.17) is 4.74 Å². The normalized spacial score (nSPS) is 39.3. The molecule has 2 saturated heterocycles. The number of carboxylic acid groups (broad SMARTS) is 1. The molecule has 0 radical (unpaired) electrons. The molecule has 1 aromatic carbocycles. The number of para-hydroxylation sites is 1. The van der Waals surface area contributed by atoms with Crippen LogP contribution in [0, 0.1) is 11.8 Å². The van der Waals surface area contributed by atoms with Crippen molar-refractivity contribution < 1.29 is 19.4 Å². The van der Waals surface area contributed by atoms with Crippen molar-refractivity contribution in [1.82, 2.24) is 9.88 Å². The first-order valence-electron chi connectivity index (χ1n) is 8.68. The Kier molecular flexibility index (Phi) is 2.64. The molecule has 1 spiro atoms. The molecular formula is C19H15IN2O4. The highest BCUT2D eigenvalue weighted by molar-refractivity contribution is 14.1. The summed E-state index contributed by atoms with van der Waals surface area (Å²) in [5, 5.41) is 11.0. The molecule has 2 N–H and O–H groups in total. The lowest BCUT2D eigenvalue weighted by atomic mass is 9.73. The molecule has 0 saturated carbocycles. The van der Waals surface area contributed by atoms with Gasteiger partial charge in [-0.3, -0.25) is 9.59 Å². The predicted octanol–water partition coefficient (Wildman–Crippen LogP) is 2.39. The number of ether oxygens (including phenoxy) is 1. The van der Waals surface area contributed by atoms with E-state index in [1.807, 2.05) is 57.8 Å². The predicted molar refractivity (Wildman–Crippen MR) is 101 cm³/mol. The maximum Gasteiger partial charge on any atom is 0.311 e. The summed E-state index contributed by atoms with van der Waals surface area (Å²) in [6.45, 7) is 0.592. The molecule has 132 valence electrons. The molecule has 2 bridgehead atoms. The number of carbonyl (C=O) groups is 2. The summed E-state index contributed by atoms with van der Waals surface area (Å²) in [6, 6.07) is 7.83. The van der Waals surface area contributed by atoms with Gasteiger partial charge in [-0.2, -0.15) is 0 Å². The molecule has 6 rings (SSSR count). The van der Waals surface area contributed by atoms with Crippen molar-refractivity contribution >= 4 is 45.4 Å². The number of aliphatic carboxylic acids is 1. The summed E-state index contributed by atoms with van der Waals surface area (Å²) in [5.74, 6) is -2.61. The van der Waals surface area contributed by atoms with Crippen molar-refractivity contribution in [2.75, 3.05) is 6.54 Å². The van der Waals surface area contributed by atoms with Gasteiger partial charge in [0.15, 0.2) is 3.61 Å². The van der Waals surface area contributed by atoms with E-state index >= 15 is 0 Å². The second-order valence-corrected chi connectivity index (χ2v) is 9.21. The summed E-state index contributed by atoms with van der Waals surface area (Å²) in [4.78, 5) is 30.5. The van der Waals surface area contributed by atoms with E-state index in [2.05, 4.69) is 11.1 Å². The van der Waals surface area contributed by atoms with Crippen LogP contribution in [-0.4, -0.2) is 42.6 Å². The van der Waals surface area contributed by atoms with Crippen LogP contribution >= 0.6 is 22.6 Å². The Hall–Kier alpha value is -1.87. The van der Waals surface area contributed by atoms with Crippen molar-refractivity contribution in [1.29, 1.82) is 0 Å². The third-order valence-corrected chi connectivity index (χ3v) is 7.68. The average molecular weight is 462 g/mol. The van der Waals surface area contributed by atoms with Crippen LogP contribution in [0.2, 0.25) is 0 Å². The number of aromatic amines is 1. The molecule has 1 amide bonds. The minimum atomic E-state index is -0.972. The van der Waals surface area contributed by atoms with Gasteiger partial charge in [-0.15, -0.1) is 0 Å². The Bertz CT molecular complexity index is 1050. The van der Waals surface area contributed by atoms with Gasteiger partial charge in [-0.1, -0.05) is 18.2 Å². The summed E-state index contributed by atoms with van der Waals surface area (Å²) in [7, 11) is 0. The Morgan fingerprint density at radius 1 is 1.35 bits per heavy atom. The summed E-state index contributed by atoms with van der Waals surface area (Å²) in [6.07, 6.45) is 4.53. The largest absolute Gasteiger partial charge is 0.481 e. The number of nitrogens with one attached hydrogen (secondary N) is 1. The zero-order valence-electron chi connectivity index (χ0n) is 13.6. The number of benzene rings is 1. The molecule has 5 atom stereocenters. The van der Waals surface area contributed by atoms with E-state index in [0.29, 0.717) is 6.54 Å². The lowest BCUT2D eigenvalue weighted by Gasteiger charge is -2.36. The molecule has 2 aromatic rings. The van der Waals surface area contributed by atoms with Gasteiger partial charge in [-0.25, -0.2) is 0 Å². The van der Waals surface area contributed by atoms with Crippen LogP contribution in [0.1, 0.15) is 17.3 Å². The second-order valence-electron chi connectivity index (χ2n) is 7.53. The first-order chi connectivity index (χ1) is 12.5. The van der Waals surface area contributed by atoms with E-state index in [0.717, 1.165) is 17.6 Å². The monoisotopic (exact) mass is 462 g/mol. The summed E-state index contributed by atoms with van der Waals surface area (Å²) in [5.41, 5.74) is 2.34. The lowest BCUT2D eigenvalue weighted by Crippen LogP contribution is -2.42. The fourth-order valence-corrected chi connectivity index (χ4v) is 6.68. The quantitative estimate of drug-likeness (QED) is 0.388. The van der Waals surface area contributed by atoms with Gasteiger partial charge in [0.05, 0.1) is 5.92 Å². The SMILES string of the molecule is O=C(O)[C@H]1[C@H]2C(=O)N3CCc4c([nH]c5ccccc45)[C@H]3[C@]23C=C[C@]1(I)O3. The van der Waals surface area contributed by atoms with Gasteiger partial charge in [0, 0.05) is 23.1 Å². The molecule has 4 aliphatic rings. The minimum absolute atomic E-state index is 0.102. The Balaban J connectivity index is 1.61. The molecule has 0 unspecified atom stereocenters. The molecular weight excluding hydrogens is 447 g/mol. The summed E-state index contributed by atoms with van der Waals surface area (Å²) < 4.78 is 5.39. The van der Waals surface area contributed by atoms with Gasteiger partial charge >= 0.3 is 5.97 Å². The number of carbonyl (C=O) groups excluding carboxylic acids is 1. The van der Waals surface area contributed by atoms with Crippen LogP contribution in [0.4, 0.5) is 0 Å². The molecule has 2 fully saturated rings. The van der Waals surface area contributed by atoms with Crippen LogP contribution in [-0.2, 0) is 20.7 Å². The molecule has 6 nitrogen and oxygen atoms in total. The smallest absolute Gasteiger partial charge is 0.311 e.